The molecule has 2 aliphatic carbocycles. The van der Waals surface area contributed by atoms with Crippen LogP contribution in [0.15, 0.2) is 0 Å². The van der Waals surface area contributed by atoms with Crippen molar-refractivity contribution in [2.75, 3.05) is 19.6 Å². The molecule has 2 saturated carbocycles. The molecule has 0 heterocycles. The van der Waals surface area contributed by atoms with Gasteiger partial charge in [0.15, 0.2) is 0 Å². The van der Waals surface area contributed by atoms with E-state index in [1.165, 1.54) is 38.8 Å². The normalized spacial score (nSPS) is 20.1. The zero-order valence-corrected chi connectivity index (χ0v) is 16.2. The minimum Gasteiger partial charge on any atom is -0.444 e. The molecule has 24 heavy (non-hydrogen) atoms. The lowest BCUT2D eigenvalue weighted by atomic mass is 9.94. The first-order valence-electron chi connectivity index (χ1n) is 9.53. The quantitative estimate of drug-likeness (QED) is 0.677. The average molecular weight is 340 g/mol. The Morgan fingerprint density at radius 3 is 2.00 bits per heavy atom. The Morgan fingerprint density at radius 2 is 1.62 bits per heavy atom. The third-order valence-corrected chi connectivity index (χ3v) is 4.75. The third kappa shape index (κ3) is 7.39. The molecule has 2 aliphatic rings. The van der Waals surface area contributed by atoms with Crippen molar-refractivity contribution in [3.63, 3.8) is 0 Å². The second kappa shape index (κ2) is 7.61. The number of carbonyl (C=O) groups excluding carboxylic acids is 1. The summed E-state index contributed by atoms with van der Waals surface area (Å²) in [5.41, 5.74) is 5.31. The topological polar surface area (TPSA) is 67.6 Å². The van der Waals surface area contributed by atoms with Crippen molar-refractivity contribution >= 4 is 6.09 Å². The summed E-state index contributed by atoms with van der Waals surface area (Å²) in [6, 6.07) is 0.316. The fraction of sp³-hybridized carbons (Fsp3) is 0.947. The van der Waals surface area contributed by atoms with Crippen LogP contribution < -0.4 is 11.1 Å². The zero-order valence-electron chi connectivity index (χ0n) is 16.2. The fourth-order valence-corrected chi connectivity index (χ4v) is 3.22. The molecule has 2 rings (SSSR count). The largest absolute Gasteiger partial charge is 0.444 e. The Balaban J connectivity index is 1.90. The van der Waals surface area contributed by atoms with E-state index in [1.54, 1.807) is 0 Å². The monoisotopic (exact) mass is 339 g/mol. The lowest BCUT2D eigenvalue weighted by Crippen LogP contribution is -2.53. The number of rotatable bonds is 9. The average Bonchev–Trinajstić information content (AvgIpc) is 3.27. The van der Waals surface area contributed by atoms with Crippen molar-refractivity contribution in [1.82, 2.24) is 10.2 Å². The molecule has 0 aliphatic heterocycles. The Morgan fingerprint density at radius 1 is 1.12 bits per heavy atom. The minimum absolute atomic E-state index is 0.316. The van der Waals surface area contributed by atoms with Crippen LogP contribution in [0.5, 0.6) is 0 Å². The summed E-state index contributed by atoms with van der Waals surface area (Å²) in [5.74, 6) is 1.72. The molecule has 1 unspecified atom stereocenters. The van der Waals surface area contributed by atoms with E-state index in [-0.39, 0.29) is 11.6 Å². The SMILES string of the molecule is CC(C)(CC(CN)N(CC1CC1)CC1CC1)NC(=O)OC(C)(C)C. The number of alkyl carbamates (subject to hydrolysis) is 1. The zero-order chi connectivity index (χ0) is 18.0. The molecule has 5 heteroatoms. The van der Waals surface area contributed by atoms with Gasteiger partial charge in [0.05, 0.1) is 0 Å². The van der Waals surface area contributed by atoms with Crippen LogP contribution in [0.25, 0.3) is 0 Å². The predicted molar refractivity (Wildman–Crippen MR) is 97.9 cm³/mol. The van der Waals surface area contributed by atoms with Gasteiger partial charge in [-0.1, -0.05) is 0 Å². The predicted octanol–water partition coefficient (Wildman–Crippen LogP) is 3.13. The minimum atomic E-state index is -0.475. The molecule has 5 nitrogen and oxygen atoms in total. The van der Waals surface area contributed by atoms with E-state index in [0.717, 1.165) is 18.3 Å². The van der Waals surface area contributed by atoms with Crippen LogP contribution in [-0.2, 0) is 4.74 Å². The van der Waals surface area contributed by atoms with Crippen molar-refractivity contribution < 1.29 is 9.53 Å². The second-order valence-electron chi connectivity index (χ2n) is 9.45. The van der Waals surface area contributed by atoms with Gasteiger partial charge in [-0.25, -0.2) is 4.79 Å². The standard InChI is InChI=1S/C19H37N3O2/c1-18(2,3)24-17(23)21-19(4,5)10-16(11-20)22(12-14-6-7-14)13-15-8-9-15/h14-16H,6-13,20H2,1-5H3,(H,21,23). The van der Waals surface area contributed by atoms with Crippen LogP contribution in [0, 0.1) is 11.8 Å². The number of hydrogen-bond acceptors (Lipinski definition) is 4. The van der Waals surface area contributed by atoms with Crippen molar-refractivity contribution in [1.29, 1.82) is 0 Å². The highest BCUT2D eigenvalue weighted by atomic mass is 16.6. The van der Waals surface area contributed by atoms with E-state index in [1.807, 2.05) is 20.8 Å². The van der Waals surface area contributed by atoms with Crippen LogP contribution in [0.2, 0.25) is 0 Å². The number of nitrogens with one attached hydrogen (secondary N) is 1. The molecule has 140 valence electrons. The van der Waals surface area contributed by atoms with Gasteiger partial charge in [0.2, 0.25) is 0 Å². The van der Waals surface area contributed by atoms with Gasteiger partial charge in [-0.3, -0.25) is 4.90 Å². The van der Waals surface area contributed by atoms with Gasteiger partial charge in [0.1, 0.15) is 5.60 Å². The van der Waals surface area contributed by atoms with E-state index in [4.69, 9.17) is 10.5 Å². The highest BCUT2D eigenvalue weighted by Crippen LogP contribution is 2.35. The van der Waals surface area contributed by atoms with Crippen molar-refractivity contribution in [3.8, 4) is 0 Å². The third-order valence-electron chi connectivity index (χ3n) is 4.75. The van der Waals surface area contributed by atoms with Crippen molar-refractivity contribution in [3.05, 3.63) is 0 Å². The molecule has 0 radical (unpaired) electrons. The first-order valence-corrected chi connectivity index (χ1v) is 9.53. The highest BCUT2D eigenvalue weighted by Gasteiger charge is 2.35. The van der Waals surface area contributed by atoms with Crippen molar-refractivity contribution in [2.24, 2.45) is 17.6 Å². The van der Waals surface area contributed by atoms with Gasteiger partial charge in [-0.05, 0) is 78.6 Å². The number of carbonyl (C=O) groups is 1. The lowest BCUT2D eigenvalue weighted by molar-refractivity contribution is 0.0445. The smallest absolute Gasteiger partial charge is 0.408 e. The second-order valence-corrected chi connectivity index (χ2v) is 9.45. The molecule has 0 aromatic heterocycles. The maximum Gasteiger partial charge on any atom is 0.408 e. The van der Waals surface area contributed by atoms with Gasteiger partial charge in [0, 0.05) is 31.2 Å². The first kappa shape index (κ1) is 19.5. The molecule has 0 bridgehead atoms. The number of amides is 1. The molecule has 0 saturated heterocycles. The Labute approximate surface area is 147 Å². The van der Waals surface area contributed by atoms with Crippen LogP contribution in [0.3, 0.4) is 0 Å². The van der Waals surface area contributed by atoms with Crippen molar-refractivity contribution in [2.45, 2.75) is 83.9 Å². The number of nitrogens with zero attached hydrogens (tertiary/aromatic N) is 1. The van der Waals surface area contributed by atoms with Crippen LogP contribution in [0.1, 0.15) is 66.7 Å². The van der Waals surface area contributed by atoms with E-state index in [9.17, 15) is 4.79 Å². The summed E-state index contributed by atoms with van der Waals surface area (Å²) in [6.07, 6.45) is 5.94. The van der Waals surface area contributed by atoms with E-state index in [2.05, 4.69) is 24.1 Å². The number of ether oxygens (including phenoxy) is 1. The van der Waals surface area contributed by atoms with Gasteiger partial charge >= 0.3 is 6.09 Å². The number of hydrogen-bond donors (Lipinski definition) is 2. The van der Waals surface area contributed by atoms with Gasteiger partial charge < -0.3 is 15.8 Å². The summed E-state index contributed by atoms with van der Waals surface area (Å²) < 4.78 is 5.40. The van der Waals surface area contributed by atoms with E-state index in [0.29, 0.717) is 12.6 Å². The highest BCUT2D eigenvalue weighted by molar-refractivity contribution is 5.68. The Kier molecular flexibility index (Phi) is 6.19. The first-order chi connectivity index (χ1) is 11.1. The van der Waals surface area contributed by atoms with Gasteiger partial charge in [-0.2, -0.15) is 0 Å². The van der Waals surface area contributed by atoms with E-state index >= 15 is 0 Å². The Hall–Kier alpha value is -0.810. The molecule has 1 amide bonds. The maximum absolute atomic E-state index is 12.1. The van der Waals surface area contributed by atoms with Gasteiger partial charge in [-0.15, -0.1) is 0 Å². The summed E-state index contributed by atoms with van der Waals surface area (Å²) in [6.45, 7) is 12.7. The molecule has 3 N–H and O–H groups in total. The summed E-state index contributed by atoms with van der Waals surface area (Å²) in [5, 5.41) is 3.03. The molecule has 0 spiro atoms. The summed E-state index contributed by atoms with van der Waals surface area (Å²) >= 11 is 0. The molecule has 0 aromatic carbocycles. The molecule has 0 aromatic rings. The maximum atomic E-state index is 12.1. The molecular weight excluding hydrogens is 302 g/mol. The van der Waals surface area contributed by atoms with Gasteiger partial charge in [0.25, 0.3) is 0 Å². The lowest BCUT2D eigenvalue weighted by Gasteiger charge is -2.37. The summed E-state index contributed by atoms with van der Waals surface area (Å²) in [4.78, 5) is 14.7. The van der Waals surface area contributed by atoms with Crippen LogP contribution >= 0.6 is 0 Å². The molecule has 1 atom stereocenters. The number of nitrogens with two attached hydrogens (primary N) is 1. The van der Waals surface area contributed by atoms with E-state index < -0.39 is 5.60 Å². The molecule has 2 fully saturated rings. The molecular formula is C19H37N3O2. The summed E-state index contributed by atoms with van der Waals surface area (Å²) in [7, 11) is 0. The van der Waals surface area contributed by atoms with Crippen LogP contribution in [0.4, 0.5) is 4.79 Å². The fourth-order valence-electron chi connectivity index (χ4n) is 3.22. The Bertz CT molecular complexity index is 409. The van der Waals surface area contributed by atoms with Crippen LogP contribution in [-0.4, -0.2) is 47.8 Å².